The lowest BCUT2D eigenvalue weighted by Crippen LogP contribution is -2.39. The summed E-state index contributed by atoms with van der Waals surface area (Å²) in [5.41, 5.74) is 0. The van der Waals surface area contributed by atoms with Crippen LogP contribution in [0.4, 0.5) is 0 Å². The SMILES string of the molecule is CCOC(OCC)(c1cccs1)C(C)Br. The van der Waals surface area contributed by atoms with Crippen molar-refractivity contribution in [3.05, 3.63) is 22.4 Å². The number of hydrogen-bond donors (Lipinski definition) is 0. The fourth-order valence-corrected chi connectivity index (χ4v) is 3.10. The standard InChI is InChI=1S/C11H17BrO2S/c1-4-13-11(9(3)12,14-5-2)10-7-6-8-15-10/h6-9H,4-5H2,1-3H3. The molecular weight excluding hydrogens is 276 g/mol. The monoisotopic (exact) mass is 292 g/mol. The van der Waals surface area contributed by atoms with Crippen molar-refractivity contribution in [3.8, 4) is 0 Å². The van der Waals surface area contributed by atoms with Gasteiger partial charge in [0.15, 0.2) is 0 Å². The van der Waals surface area contributed by atoms with E-state index in [1.807, 2.05) is 38.3 Å². The van der Waals surface area contributed by atoms with E-state index in [1.54, 1.807) is 11.3 Å². The normalized spacial score (nSPS) is 14.1. The average molecular weight is 293 g/mol. The molecule has 86 valence electrons. The van der Waals surface area contributed by atoms with E-state index >= 15 is 0 Å². The molecule has 15 heavy (non-hydrogen) atoms. The van der Waals surface area contributed by atoms with E-state index in [4.69, 9.17) is 9.47 Å². The molecule has 0 fully saturated rings. The highest BCUT2D eigenvalue weighted by Gasteiger charge is 2.39. The van der Waals surface area contributed by atoms with Gasteiger partial charge in [-0.3, -0.25) is 0 Å². The summed E-state index contributed by atoms with van der Waals surface area (Å²) < 4.78 is 11.6. The number of alkyl halides is 1. The molecule has 1 unspecified atom stereocenters. The smallest absolute Gasteiger partial charge is 0.216 e. The van der Waals surface area contributed by atoms with E-state index in [2.05, 4.69) is 15.9 Å². The highest BCUT2D eigenvalue weighted by atomic mass is 79.9. The van der Waals surface area contributed by atoms with Crippen molar-refractivity contribution < 1.29 is 9.47 Å². The first-order valence-corrected chi connectivity index (χ1v) is 6.92. The summed E-state index contributed by atoms with van der Waals surface area (Å²) in [4.78, 5) is 1.22. The van der Waals surface area contributed by atoms with Crippen LogP contribution in [0.1, 0.15) is 25.6 Å². The fraction of sp³-hybridized carbons (Fsp3) is 0.636. The number of halogens is 1. The van der Waals surface area contributed by atoms with Crippen LogP contribution in [-0.4, -0.2) is 18.0 Å². The van der Waals surface area contributed by atoms with Gasteiger partial charge in [0.1, 0.15) is 0 Å². The maximum atomic E-state index is 5.82. The largest absolute Gasteiger partial charge is 0.345 e. The molecule has 0 amide bonds. The zero-order valence-electron chi connectivity index (χ0n) is 9.33. The first-order chi connectivity index (χ1) is 7.17. The van der Waals surface area contributed by atoms with Crippen LogP contribution in [0.2, 0.25) is 0 Å². The Labute approximate surface area is 104 Å². The Morgan fingerprint density at radius 3 is 2.33 bits per heavy atom. The molecular formula is C11H17BrO2S. The number of ether oxygens (including phenoxy) is 2. The predicted octanol–water partition coefficient (Wildman–Crippen LogP) is 3.76. The van der Waals surface area contributed by atoms with Gasteiger partial charge in [0.2, 0.25) is 5.79 Å². The molecule has 1 heterocycles. The molecule has 1 aromatic rings. The highest BCUT2D eigenvalue weighted by molar-refractivity contribution is 9.09. The second-order valence-electron chi connectivity index (χ2n) is 3.13. The minimum atomic E-state index is -0.641. The van der Waals surface area contributed by atoms with Gasteiger partial charge in [-0.05, 0) is 32.2 Å². The zero-order chi connectivity index (χ0) is 11.3. The van der Waals surface area contributed by atoms with Crippen LogP contribution >= 0.6 is 27.3 Å². The van der Waals surface area contributed by atoms with Gasteiger partial charge in [-0.2, -0.15) is 0 Å². The van der Waals surface area contributed by atoms with Crippen LogP contribution in [0.5, 0.6) is 0 Å². The third kappa shape index (κ3) is 2.81. The Morgan fingerprint density at radius 1 is 1.40 bits per heavy atom. The van der Waals surface area contributed by atoms with E-state index in [-0.39, 0.29) is 4.83 Å². The molecule has 0 saturated carbocycles. The molecule has 0 radical (unpaired) electrons. The second-order valence-corrected chi connectivity index (χ2v) is 5.45. The van der Waals surface area contributed by atoms with Gasteiger partial charge in [0.25, 0.3) is 0 Å². The molecule has 4 heteroatoms. The number of hydrogen-bond acceptors (Lipinski definition) is 3. The molecule has 1 aromatic heterocycles. The van der Waals surface area contributed by atoms with Crippen molar-refractivity contribution in [1.82, 2.24) is 0 Å². The Morgan fingerprint density at radius 2 is 2.00 bits per heavy atom. The molecule has 0 aliphatic carbocycles. The van der Waals surface area contributed by atoms with Crippen LogP contribution in [0.15, 0.2) is 17.5 Å². The number of thiophene rings is 1. The topological polar surface area (TPSA) is 18.5 Å². The van der Waals surface area contributed by atoms with Crippen LogP contribution in [-0.2, 0) is 15.3 Å². The molecule has 0 aliphatic heterocycles. The Hall–Kier alpha value is 0.1000. The minimum absolute atomic E-state index is 0.114. The molecule has 1 rings (SSSR count). The third-order valence-electron chi connectivity index (χ3n) is 2.11. The van der Waals surface area contributed by atoms with E-state index in [0.717, 1.165) is 4.88 Å². The molecule has 0 aliphatic rings. The molecule has 0 aromatic carbocycles. The molecule has 0 N–H and O–H groups in total. The summed E-state index contributed by atoms with van der Waals surface area (Å²) in [6, 6.07) is 4.07. The second kappa shape index (κ2) is 5.99. The van der Waals surface area contributed by atoms with Crippen molar-refractivity contribution >= 4 is 27.3 Å². The lowest BCUT2D eigenvalue weighted by Gasteiger charge is -2.34. The summed E-state index contributed by atoms with van der Waals surface area (Å²) in [6.07, 6.45) is 0. The van der Waals surface area contributed by atoms with Gasteiger partial charge in [0.05, 0.1) is 9.70 Å². The van der Waals surface area contributed by atoms with Crippen LogP contribution < -0.4 is 0 Å². The first-order valence-electron chi connectivity index (χ1n) is 5.13. The quantitative estimate of drug-likeness (QED) is 0.587. The maximum absolute atomic E-state index is 5.82. The Kier molecular flexibility index (Phi) is 5.26. The van der Waals surface area contributed by atoms with E-state index in [1.165, 1.54) is 0 Å². The summed E-state index contributed by atoms with van der Waals surface area (Å²) in [7, 11) is 0. The Bertz CT molecular complexity index is 266. The molecule has 0 bridgehead atoms. The molecule has 1 atom stereocenters. The third-order valence-corrected chi connectivity index (χ3v) is 3.68. The summed E-state index contributed by atoms with van der Waals surface area (Å²) in [6.45, 7) is 7.28. The molecule has 0 saturated heterocycles. The summed E-state index contributed by atoms with van der Waals surface area (Å²) in [5.74, 6) is -0.641. The summed E-state index contributed by atoms with van der Waals surface area (Å²) in [5, 5.41) is 2.04. The number of rotatable bonds is 6. The van der Waals surface area contributed by atoms with Gasteiger partial charge in [0, 0.05) is 13.2 Å². The maximum Gasteiger partial charge on any atom is 0.216 e. The predicted molar refractivity (Wildman–Crippen MR) is 67.6 cm³/mol. The van der Waals surface area contributed by atoms with E-state index in [9.17, 15) is 0 Å². The van der Waals surface area contributed by atoms with Gasteiger partial charge < -0.3 is 9.47 Å². The summed E-state index contributed by atoms with van der Waals surface area (Å²) >= 11 is 5.24. The van der Waals surface area contributed by atoms with Crippen molar-refractivity contribution in [3.63, 3.8) is 0 Å². The van der Waals surface area contributed by atoms with Gasteiger partial charge in [-0.25, -0.2) is 0 Å². The molecule has 2 nitrogen and oxygen atoms in total. The fourth-order valence-electron chi connectivity index (χ4n) is 1.52. The van der Waals surface area contributed by atoms with Gasteiger partial charge >= 0.3 is 0 Å². The van der Waals surface area contributed by atoms with Crippen LogP contribution in [0, 0.1) is 0 Å². The van der Waals surface area contributed by atoms with E-state index in [0.29, 0.717) is 13.2 Å². The van der Waals surface area contributed by atoms with Crippen molar-refractivity contribution in [1.29, 1.82) is 0 Å². The lowest BCUT2D eigenvalue weighted by molar-refractivity contribution is -0.236. The Balaban J connectivity index is 3.01. The minimum Gasteiger partial charge on any atom is -0.345 e. The van der Waals surface area contributed by atoms with E-state index < -0.39 is 5.79 Å². The average Bonchev–Trinajstić information content (AvgIpc) is 2.70. The van der Waals surface area contributed by atoms with Crippen molar-refractivity contribution in [2.24, 2.45) is 0 Å². The lowest BCUT2D eigenvalue weighted by atomic mass is 10.1. The van der Waals surface area contributed by atoms with Gasteiger partial charge in [-0.1, -0.05) is 22.0 Å². The van der Waals surface area contributed by atoms with Crippen LogP contribution in [0.25, 0.3) is 0 Å². The first kappa shape index (κ1) is 13.2. The van der Waals surface area contributed by atoms with Crippen molar-refractivity contribution in [2.75, 3.05) is 13.2 Å². The van der Waals surface area contributed by atoms with Crippen molar-refractivity contribution in [2.45, 2.75) is 31.4 Å². The van der Waals surface area contributed by atoms with Crippen LogP contribution in [0.3, 0.4) is 0 Å². The van der Waals surface area contributed by atoms with Gasteiger partial charge in [-0.15, -0.1) is 11.3 Å². The highest BCUT2D eigenvalue weighted by Crippen LogP contribution is 2.37. The zero-order valence-corrected chi connectivity index (χ0v) is 11.7. The molecule has 0 spiro atoms.